The van der Waals surface area contributed by atoms with Crippen LogP contribution in [0.1, 0.15) is 61.5 Å². The minimum Gasteiger partial charge on any atom is -0.459 e. The van der Waals surface area contributed by atoms with Crippen LogP contribution in [0.3, 0.4) is 0 Å². The number of aromatic amines is 1. The molecule has 2 aromatic carbocycles. The van der Waals surface area contributed by atoms with Crippen LogP contribution in [-0.2, 0) is 33.0 Å². The maximum atomic E-state index is 13.8. The highest BCUT2D eigenvalue weighted by molar-refractivity contribution is 6.83. The fourth-order valence-corrected chi connectivity index (χ4v) is 8.55. The molecule has 1 aliphatic heterocycles. The average Bonchev–Trinajstić information content (AvgIpc) is 3.42. The molecule has 0 bridgehead atoms. The highest BCUT2D eigenvalue weighted by Crippen LogP contribution is 2.56. The van der Waals surface area contributed by atoms with Crippen molar-refractivity contribution in [1.82, 2.24) is 20.4 Å². The van der Waals surface area contributed by atoms with Crippen molar-refractivity contribution in [3.8, 4) is 0 Å². The van der Waals surface area contributed by atoms with Gasteiger partial charge in [-0.15, -0.1) is 0 Å². The predicted octanol–water partition coefficient (Wildman–Crippen LogP) is 5.86. The number of nitrogens with zero attached hydrogens (tertiary/aromatic N) is 2. The number of hydrogen-bond acceptors (Lipinski definition) is 5. The number of amides is 3. The van der Waals surface area contributed by atoms with E-state index in [1.165, 1.54) is 0 Å². The molecule has 5 rings (SSSR count). The van der Waals surface area contributed by atoms with Gasteiger partial charge in [-0.05, 0) is 37.8 Å². The summed E-state index contributed by atoms with van der Waals surface area (Å²) >= 11 is 0. The van der Waals surface area contributed by atoms with Crippen LogP contribution >= 0.6 is 0 Å². The van der Waals surface area contributed by atoms with Gasteiger partial charge in [0.2, 0.25) is 5.91 Å². The molecule has 2 heterocycles. The van der Waals surface area contributed by atoms with Crippen molar-refractivity contribution in [1.29, 1.82) is 0 Å². The number of hydrogen-bond donors (Lipinski definition) is 3. The summed E-state index contributed by atoms with van der Waals surface area (Å²) in [7, 11) is -1.76. The Morgan fingerprint density at radius 1 is 1.02 bits per heavy atom. The molecule has 41 heavy (non-hydrogen) atoms. The van der Waals surface area contributed by atoms with Crippen LogP contribution in [0.25, 0.3) is 0 Å². The number of benzene rings is 2. The van der Waals surface area contributed by atoms with Gasteiger partial charge >= 0.3 is 12.0 Å². The van der Waals surface area contributed by atoms with E-state index in [2.05, 4.69) is 40.5 Å². The van der Waals surface area contributed by atoms with Crippen LogP contribution in [0.4, 0.5) is 10.6 Å². The first-order chi connectivity index (χ1) is 19.4. The van der Waals surface area contributed by atoms with E-state index in [4.69, 9.17) is 4.74 Å². The van der Waals surface area contributed by atoms with E-state index in [1.54, 1.807) is 17.0 Å². The van der Waals surface area contributed by atoms with Gasteiger partial charge in [0.05, 0.1) is 25.9 Å². The Morgan fingerprint density at radius 3 is 2.24 bits per heavy atom. The molecule has 2 aliphatic rings. The Balaban J connectivity index is 1.33. The SMILES string of the molecule is CC1(C)c2[nH]nc(NC(=O)C3([Si](C)(C)C)CCC3)c2CN1C(=O)N[C@H](C(=O)OCc1ccccc1)c1ccccc1. The van der Waals surface area contributed by atoms with Gasteiger partial charge in [-0.25, -0.2) is 9.59 Å². The molecule has 0 spiro atoms. The Kier molecular flexibility index (Phi) is 7.54. The van der Waals surface area contributed by atoms with Crippen molar-refractivity contribution < 1.29 is 19.1 Å². The number of carbonyl (C=O) groups excluding carboxylic acids is 3. The maximum Gasteiger partial charge on any atom is 0.333 e. The lowest BCUT2D eigenvalue weighted by molar-refractivity contribution is -0.147. The Morgan fingerprint density at radius 2 is 1.66 bits per heavy atom. The van der Waals surface area contributed by atoms with Gasteiger partial charge in [0.15, 0.2) is 11.9 Å². The molecule has 1 aromatic heterocycles. The lowest BCUT2D eigenvalue weighted by atomic mass is 9.83. The van der Waals surface area contributed by atoms with Crippen LogP contribution < -0.4 is 10.6 Å². The highest BCUT2D eigenvalue weighted by Gasteiger charge is 2.54. The van der Waals surface area contributed by atoms with Crippen LogP contribution in [0.15, 0.2) is 60.7 Å². The molecule has 0 saturated heterocycles. The number of aromatic nitrogens is 2. The molecule has 0 unspecified atom stereocenters. The first-order valence-electron chi connectivity index (χ1n) is 14.2. The fourth-order valence-electron chi connectivity index (χ4n) is 5.96. The summed E-state index contributed by atoms with van der Waals surface area (Å²) in [5.41, 5.74) is 2.28. The van der Waals surface area contributed by atoms with Crippen LogP contribution in [0.5, 0.6) is 0 Å². The average molecular weight is 574 g/mol. The smallest absolute Gasteiger partial charge is 0.333 e. The molecule has 1 atom stereocenters. The lowest BCUT2D eigenvalue weighted by Gasteiger charge is -2.48. The van der Waals surface area contributed by atoms with Gasteiger partial charge < -0.3 is 20.3 Å². The zero-order chi connectivity index (χ0) is 29.4. The monoisotopic (exact) mass is 573 g/mol. The molecule has 3 N–H and O–H groups in total. The molecule has 216 valence electrons. The number of urea groups is 1. The second-order valence-corrected chi connectivity index (χ2v) is 18.1. The maximum absolute atomic E-state index is 13.8. The molecule has 1 saturated carbocycles. The van der Waals surface area contributed by atoms with Crippen LogP contribution in [-0.4, -0.2) is 41.1 Å². The number of ether oxygens (including phenoxy) is 1. The number of esters is 1. The number of H-pyrrole nitrogens is 1. The molecule has 3 amide bonds. The second-order valence-electron chi connectivity index (χ2n) is 12.6. The van der Waals surface area contributed by atoms with Crippen molar-refractivity contribution in [3.05, 3.63) is 83.0 Å². The van der Waals surface area contributed by atoms with E-state index >= 15 is 0 Å². The Hall–Kier alpha value is -3.92. The third kappa shape index (κ3) is 5.28. The largest absolute Gasteiger partial charge is 0.459 e. The zero-order valence-electron chi connectivity index (χ0n) is 24.4. The molecule has 0 radical (unpaired) electrons. The van der Waals surface area contributed by atoms with E-state index in [-0.39, 0.29) is 24.1 Å². The standard InChI is InChI=1S/C31H39N5O4Si/c1-30(2)25-23(26(35-34-25)33-28(38)31(17-12-18-31)41(3,4)5)19-36(30)29(39)32-24(22-15-10-7-11-16-22)27(37)40-20-21-13-8-6-9-14-21/h6-11,13-16,24H,12,17-20H2,1-5H3,(H,32,39)(H2,33,34,35,38)/t24-/m0/s1. The lowest BCUT2D eigenvalue weighted by Crippen LogP contribution is -2.52. The Labute approximate surface area is 242 Å². The van der Waals surface area contributed by atoms with E-state index in [1.807, 2.05) is 62.4 Å². The van der Waals surface area contributed by atoms with Gasteiger partial charge in [0, 0.05) is 10.6 Å². The van der Waals surface area contributed by atoms with E-state index in [9.17, 15) is 14.4 Å². The van der Waals surface area contributed by atoms with Crippen LogP contribution in [0.2, 0.25) is 24.7 Å². The number of rotatable bonds is 8. The minimum atomic E-state index is -1.76. The van der Waals surface area contributed by atoms with Crippen molar-refractivity contribution in [2.24, 2.45) is 0 Å². The van der Waals surface area contributed by atoms with Crippen LogP contribution in [0, 0.1) is 0 Å². The summed E-state index contributed by atoms with van der Waals surface area (Å²) < 4.78 is 5.61. The summed E-state index contributed by atoms with van der Waals surface area (Å²) in [5.74, 6) is -0.0429. The van der Waals surface area contributed by atoms with Gasteiger partial charge in [0.25, 0.3) is 0 Å². The molecule has 1 aliphatic carbocycles. The normalized spacial score (nSPS) is 17.6. The quantitative estimate of drug-likeness (QED) is 0.231. The third-order valence-electron chi connectivity index (χ3n) is 8.88. The first-order valence-corrected chi connectivity index (χ1v) is 17.7. The third-order valence-corrected chi connectivity index (χ3v) is 12.5. The summed E-state index contributed by atoms with van der Waals surface area (Å²) in [6.45, 7) is 10.9. The van der Waals surface area contributed by atoms with E-state index in [0.717, 1.165) is 36.1 Å². The van der Waals surface area contributed by atoms with E-state index in [0.29, 0.717) is 11.4 Å². The molecule has 1 fully saturated rings. The molecule has 9 nitrogen and oxygen atoms in total. The number of carbonyl (C=O) groups is 3. The van der Waals surface area contributed by atoms with Gasteiger partial charge in [0.1, 0.15) is 6.61 Å². The van der Waals surface area contributed by atoms with Gasteiger partial charge in [-0.2, -0.15) is 5.10 Å². The second kappa shape index (κ2) is 10.8. The fraction of sp³-hybridized carbons (Fsp3) is 0.419. The Bertz CT molecular complexity index is 1430. The van der Waals surface area contributed by atoms with Crippen molar-refractivity contribution >= 4 is 31.8 Å². The topological polar surface area (TPSA) is 116 Å². The molecule has 10 heteroatoms. The van der Waals surface area contributed by atoms with Crippen molar-refractivity contribution in [3.63, 3.8) is 0 Å². The summed E-state index contributed by atoms with van der Waals surface area (Å²) in [6, 6.07) is 17.1. The van der Waals surface area contributed by atoms with Crippen molar-refractivity contribution in [2.45, 2.75) is 82.5 Å². The first kappa shape index (κ1) is 28.6. The van der Waals surface area contributed by atoms with Gasteiger partial charge in [-0.3, -0.25) is 9.89 Å². The predicted molar refractivity (Wildman–Crippen MR) is 160 cm³/mol. The summed E-state index contributed by atoms with van der Waals surface area (Å²) in [5, 5.41) is 13.2. The molecular formula is C31H39N5O4Si. The summed E-state index contributed by atoms with van der Waals surface area (Å²) in [4.78, 5) is 42.2. The molecule has 3 aromatic rings. The summed E-state index contributed by atoms with van der Waals surface area (Å²) in [6.07, 6.45) is 2.87. The highest BCUT2D eigenvalue weighted by atomic mass is 28.3. The minimum absolute atomic E-state index is 0.0308. The number of fused-ring (bicyclic) bond motifs is 1. The van der Waals surface area contributed by atoms with Crippen molar-refractivity contribution in [2.75, 3.05) is 5.32 Å². The number of anilines is 1. The van der Waals surface area contributed by atoms with Gasteiger partial charge in [-0.1, -0.05) is 86.7 Å². The number of nitrogens with one attached hydrogen (secondary N) is 3. The van der Waals surface area contributed by atoms with E-state index < -0.39 is 31.7 Å². The molecular weight excluding hydrogens is 534 g/mol. The zero-order valence-corrected chi connectivity index (χ0v) is 25.4.